The van der Waals surface area contributed by atoms with Gasteiger partial charge in [-0.15, -0.1) is 6.58 Å². The number of rotatable bonds is 3. The van der Waals surface area contributed by atoms with Gasteiger partial charge in [0, 0.05) is 6.20 Å². The van der Waals surface area contributed by atoms with Crippen molar-refractivity contribution in [3.63, 3.8) is 0 Å². The summed E-state index contributed by atoms with van der Waals surface area (Å²) in [6.45, 7) is 3.67. The van der Waals surface area contributed by atoms with Crippen molar-refractivity contribution >= 4 is 15.9 Å². The van der Waals surface area contributed by atoms with Gasteiger partial charge in [-0.25, -0.2) is 4.98 Å². The Bertz CT molecular complexity index is 245. The molecule has 0 aliphatic heterocycles. The number of halogens is 1. The summed E-state index contributed by atoms with van der Waals surface area (Å²) in [7, 11) is 0. The predicted octanol–water partition coefficient (Wildman–Crippen LogP) is 2.96. The van der Waals surface area contributed by atoms with Gasteiger partial charge < -0.3 is 0 Å². The fraction of sp³-hybridized carbons (Fsp3) is 0.222. The second-order valence-electron chi connectivity index (χ2n) is 2.31. The highest BCUT2D eigenvalue weighted by Gasteiger charge is 1.91. The average molecular weight is 212 g/mol. The Kier molecular flexibility index (Phi) is 3.30. The van der Waals surface area contributed by atoms with Gasteiger partial charge in [-0.3, -0.25) is 0 Å². The van der Waals surface area contributed by atoms with Crippen LogP contribution >= 0.6 is 15.9 Å². The smallest absolute Gasteiger partial charge is 0.106 e. The fourth-order valence-electron chi connectivity index (χ4n) is 0.867. The van der Waals surface area contributed by atoms with Crippen molar-refractivity contribution in [1.29, 1.82) is 0 Å². The molecular formula is C9H10BrN. The molecular weight excluding hydrogens is 202 g/mol. The first-order valence-corrected chi connectivity index (χ1v) is 4.33. The second-order valence-corrected chi connectivity index (χ2v) is 3.13. The number of aryl methyl sites for hydroxylation is 1. The zero-order valence-corrected chi connectivity index (χ0v) is 7.84. The first-order chi connectivity index (χ1) is 5.33. The summed E-state index contributed by atoms with van der Waals surface area (Å²) >= 11 is 3.32. The molecule has 1 nitrogen and oxygen atoms in total. The molecule has 0 amide bonds. The maximum Gasteiger partial charge on any atom is 0.106 e. The minimum absolute atomic E-state index is 0.902. The van der Waals surface area contributed by atoms with Crippen molar-refractivity contribution in [3.8, 4) is 0 Å². The van der Waals surface area contributed by atoms with Crippen LogP contribution in [0.15, 0.2) is 35.6 Å². The van der Waals surface area contributed by atoms with Gasteiger partial charge in [-0.05, 0) is 46.5 Å². The van der Waals surface area contributed by atoms with E-state index in [1.165, 1.54) is 5.56 Å². The molecule has 1 aromatic rings. The lowest BCUT2D eigenvalue weighted by molar-refractivity contribution is 0.993. The quantitative estimate of drug-likeness (QED) is 0.554. The third-order valence-corrected chi connectivity index (χ3v) is 1.86. The number of nitrogens with zero attached hydrogens (tertiary/aromatic N) is 1. The highest BCUT2D eigenvalue weighted by atomic mass is 79.9. The standard InChI is InChI=1S/C9H10BrN/c1-2-3-4-8-5-6-11-9(10)7-8/h2,5-7H,1,3-4H2. The van der Waals surface area contributed by atoms with E-state index in [-0.39, 0.29) is 0 Å². The van der Waals surface area contributed by atoms with Gasteiger partial charge in [0.25, 0.3) is 0 Å². The molecule has 0 aliphatic carbocycles. The molecule has 0 aliphatic rings. The average Bonchev–Trinajstić information content (AvgIpc) is 2.01. The molecule has 1 heterocycles. The lowest BCUT2D eigenvalue weighted by atomic mass is 10.1. The summed E-state index contributed by atoms with van der Waals surface area (Å²) in [5.41, 5.74) is 1.30. The molecule has 0 aromatic carbocycles. The molecule has 0 radical (unpaired) electrons. The number of allylic oxidation sites excluding steroid dienone is 1. The van der Waals surface area contributed by atoms with Crippen LogP contribution in [0.5, 0.6) is 0 Å². The molecule has 0 bridgehead atoms. The Balaban J connectivity index is 2.63. The Morgan fingerprint density at radius 3 is 3.09 bits per heavy atom. The van der Waals surface area contributed by atoms with E-state index in [0.29, 0.717) is 0 Å². The molecule has 0 fully saturated rings. The molecule has 0 saturated heterocycles. The Labute approximate surface area is 75.3 Å². The van der Waals surface area contributed by atoms with Crippen LogP contribution in [0.4, 0.5) is 0 Å². The topological polar surface area (TPSA) is 12.9 Å². The van der Waals surface area contributed by atoms with Crippen molar-refractivity contribution in [1.82, 2.24) is 4.98 Å². The molecule has 58 valence electrons. The van der Waals surface area contributed by atoms with Gasteiger partial charge in [-0.1, -0.05) is 6.08 Å². The van der Waals surface area contributed by atoms with Crippen molar-refractivity contribution in [2.45, 2.75) is 12.8 Å². The van der Waals surface area contributed by atoms with Crippen molar-refractivity contribution in [2.24, 2.45) is 0 Å². The van der Waals surface area contributed by atoms with Crippen LogP contribution in [0.1, 0.15) is 12.0 Å². The maximum absolute atomic E-state index is 4.04. The van der Waals surface area contributed by atoms with Gasteiger partial charge in [-0.2, -0.15) is 0 Å². The normalized spacial score (nSPS) is 9.55. The number of hydrogen-bond donors (Lipinski definition) is 0. The van der Waals surface area contributed by atoms with Gasteiger partial charge >= 0.3 is 0 Å². The summed E-state index contributed by atoms with van der Waals surface area (Å²) in [5, 5.41) is 0. The van der Waals surface area contributed by atoms with Gasteiger partial charge in [0.05, 0.1) is 0 Å². The van der Waals surface area contributed by atoms with Gasteiger partial charge in [0.15, 0.2) is 0 Å². The van der Waals surface area contributed by atoms with Crippen LogP contribution < -0.4 is 0 Å². The molecule has 0 atom stereocenters. The largest absolute Gasteiger partial charge is 0.249 e. The zero-order valence-electron chi connectivity index (χ0n) is 6.26. The van der Waals surface area contributed by atoms with E-state index in [0.717, 1.165) is 17.4 Å². The predicted molar refractivity (Wildman–Crippen MR) is 50.5 cm³/mol. The van der Waals surface area contributed by atoms with Crippen molar-refractivity contribution < 1.29 is 0 Å². The highest BCUT2D eigenvalue weighted by Crippen LogP contribution is 2.09. The Morgan fingerprint density at radius 1 is 1.64 bits per heavy atom. The molecule has 0 spiro atoms. The summed E-state index contributed by atoms with van der Waals surface area (Å²) in [5.74, 6) is 0. The van der Waals surface area contributed by atoms with E-state index < -0.39 is 0 Å². The van der Waals surface area contributed by atoms with Crippen LogP contribution in [-0.2, 0) is 6.42 Å². The number of aromatic nitrogens is 1. The van der Waals surface area contributed by atoms with Crippen LogP contribution in [-0.4, -0.2) is 4.98 Å². The second kappa shape index (κ2) is 4.29. The van der Waals surface area contributed by atoms with Crippen LogP contribution in [0.25, 0.3) is 0 Å². The Morgan fingerprint density at radius 2 is 2.45 bits per heavy atom. The molecule has 1 rings (SSSR count). The summed E-state index contributed by atoms with van der Waals surface area (Å²) in [6, 6.07) is 4.05. The van der Waals surface area contributed by atoms with E-state index in [1.807, 2.05) is 24.4 Å². The van der Waals surface area contributed by atoms with Crippen molar-refractivity contribution in [3.05, 3.63) is 41.2 Å². The first-order valence-electron chi connectivity index (χ1n) is 3.54. The van der Waals surface area contributed by atoms with E-state index in [2.05, 4.69) is 27.5 Å². The Hall–Kier alpha value is -0.630. The van der Waals surface area contributed by atoms with Crippen molar-refractivity contribution in [2.75, 3.05) is 0 Å². The third-order valence-electron chi connectivity index (χ3n) is 1.43. The molecule has 2 heteroatoms. The minimum Gasteiger partial charge on any atom is -0.249 e. The maximum atomic E-state index is 4.04. The first kappa shape index (κ1) is 8.47. The highest BCUT2D eigenvalue weighted by molar-refractivity contribution is 9.10. The SMILES string of the molecule is C=CCCc1ccnc(Br)c1. The van der Waals surface area contributed by atoms with E-state index in [4.69, 9.17) is 0 Å². The summed E-state index contributed by atoms with van der Waals surface area (Å²) in [6.07, 6.45) is 5.80. The van der Waals surface area contributed by atoms with Crippen LogP contribution in [0.3, 0.4) is 0 Å². The molecule has 11 heavy (non-hydrogen) atoms. The van der Waals surface area contributed by atoms with E-state index in [1.54, 1.807) is 0 Å². The number of hydrogen-bond acceptors (Lipinski definition) is 1. The molecule has 0 N–H and O–H groups in total. The van der Waals surface area contributed by atoms with Crippen LogP contribution in [0.2, 0.25) is 0 Å². The third kappa shape index (κ3) is 2.85. The summed E-state index contributed by atoms with van der Waals surface area (Å²) < 4.78 is 0.902. The van der Waals surface area contributed by atoms with E-state index >= 15 is 0 Å². The molecule has 0 saturated carbocycles. The lowest BCUT2D eigenvalue weighted by Crippen LogP contribution is -1.84. The van der Waals surface area contributed by atoms with E-state index in [9.17, 15) is 0 Å². The number of pyridine rings is 1. The van der Waals surface area contributed by atoms with Gasteiger partial charge in [0.2, 0.25) is 0 Å². The van der Waals surface area contributed by atoms with Crippen LogP contribution in [0, 0.1) is 0 Å². The monoisotopic (exact) mass is 211 g/mol. The minimum atomic E-state index is 0.902. The zero-order chi connectivity index (χ0) is 8.10. The molecule has 0 unspecified atom stereocenters. The fourth-order valence-corrected chi connectivity index (χ4v) is 1.28. The lowest BCUT2D eigenvalue weighted by Gasteiger charge is -1.96. The van der Waals surface area contributed by atoms with Gasteiger partial charge in [0.1, 0.15) is 4.60 Å². The summed E-state index contributed by atoms with van der Waals surface area (Å²) in [4.78, 5) is 4.04. The molecule has 1 aromatic heterocycles.